The molecule has 4 aromatic rings. The predicted octanol–water partition coefficient (Wildman–Crippen LogP) is 5.99. The van der Waals surface area contributed by atoms with E-state index in [1.54, 1.807) is 22.7 Å². The van der Waals surface area contributed by atoms with Crippen molar-refractivity contribution in [3.8, 4) is 22.0 Å². The molecule has 28 heavy (non-hydrogen) atoms. The zero-order valence-corrected chi connectivity index (χ0v) is 17.7. The van der Waals surface area contributed by atoms with Crippen LogP contribution >= 0.6 is 34.3 Å². The Morgan fingerprint density at radius 3 is 2.79 bits per heavy atom. The second-order valence-electron chi connectivity index (χ2n) is 6.35. The van der Waals surface area contributed by atoms with Gasteiger partial charge in [0.25, 0.3) is 0 Å². The fourth-order valence-corrected chi connectivity index (χ4v) is 4.65. The lowest BCUT2D eigenvalue weighted by Gasteiger charge is -2.18. The van der Waals surface area contributed by atoms with Gasteiger partial charge in [-0.25, -0.2) is 4.98 Å². The van der Waals surface area contributed by atoms with Gasteiger partial charge in [-0.05, 0) is 36.5 Å². The standard InChI is InChI=1S/C20H19ClN4OS2/c1-2-8-25(10-15-13-28-20(22-15)14-7-9-27-12-14)11-18-23-24-19(26-18)16-5-3-4-6-17(16)21/h3-7,9,12-13H,2,8,10-11H2,1H3. The van der Waals surface area contributed by atoms with E-state index in [-0.39, 0.29) is 0 Å². The van der Waals surface area contributed by atoms with Gasteiger partial charge < -0.3 is 4.42 Å². The number of halogens is 1. The Bertz CT molecular complexity index is 1030. The van der Waals surface area contributed by atoms with Crippen molar-refractivity contribution in [2.45, 2.75) is 26.4 Å². The van der Waals surface area contributed by atoms with E-state index < -0.39 is 0 Å². The van der Waals surface area contributed by atoms with E-state index in [1.807, 2.05) is 24.3 Å². The molecule has 0 spiro atoms. The van der Waals surface area contributed by atoms with Crippen molar-refractivity contribution in [1.82, 2.24) is 20.1 Å². The molecule has 0 saturated heterocycles. The van der Waals surface area contributed by atoms with E-state index in [4.69, 9.17) is 21.0 Å². The summed E-state index contributed by atoms with van der Waals surface area (Å²) in [5.41, 5.74) is 3.00. The molecule has 0 aliphatic rings. The number of benzene rings is 1. The summed E-state index contributed by atoms with van der Waals surface area (Å²) in [6.07, 6.45) is 1.03. The van der Waals surface area contributed by atoms with Crippen molar-refractivity contribution in [2.75, 3.05) is 6.54 Å². The fraction of sp³-hybridized carbons (Fsp3) is 0.250. The van der Waals surface area contributed by atoms with Crippen LogP contribution in [0.2, 0.25) is 5.02 Å². The van der Waals surface area contributed by atoms with Gasteiger partial charge in [-0.3, -0.25) is 4.90 Å². The Morgan fingerprint density at radius 1 is 1.11 bits per heavy atom. The maximum Gasteiger partial charge on any atom is 0.249 e. The Labute approximate surface area is 176 Å². The van der Waals surface area contributed by atoms with E-state index in [9.17, 15) is 0 Å². The molecule has 5 nitrogen and oxygen atoms in total. The van der Waals surface area contributed by atoms with E-state index in [0.29, 0.717) is 23.3 Å². The van der Waals surface area contributed by atoms with E-state index in [2.05, 4.69) is 44.2 Å². The maximum atomic E-state index is 6.23. The number of aromatic nitrogens is 3. The molecule has 0 fully saturated rings. The SMILES string of the molecule is CCCN(Cc1csc(-c2ccsc2)n1)Cc1nnc(-c2ccccc2Cl)o1. The van der Waals surface area contributed by atoms with E-state index in [0.717, 1.165) is 35.8 Å². The van der Waals surface area contributed by atoms with Crippen molar-refractivity contribution in [3.05, 3.63) is 63.1 Å². The Balaban J connectivity index is 1.46. The third kappa shape index (κ3) is 4.50. The second-order valence-corrected chi connectivity index (χ2v) is 8.39. The Kier molecular flexibility index (Phi) is 6.17. The maximum absolute atomic E-state index is 6.23. The monoisotopic (exact) mass is 430 g/mol. The summed E-state index contributed by atoms with van der Waals surface area (Å²) in [4.78, 5) is 7.05. The molecule has 0 aliphatic heterocycles. The van der Waals surface area contributed by atoms with Crippen molar-refractivity contribution in [3.63, 3.8) is 0 Å². The lowest BCUT2D eigenvalue weighted by atomic mass is 10.2. The number of rotatable bonds is 8. The van der Waals surface area contributed by atoms with Crippen molar-refractivity contribution in [2.24, 2.45) is 0 Å². The fourth-order valence-electron chi connectivity index (χ4n) is 2.91. The lowest BCUT2D eigenvalue weighted by molar-refractivity contribution is 0.230. The van der Waals surface area contributed by atoms with Crippen LogP contribution in [0.15, 0.2) is 50.9 Å². The van der Waals surface area contributed by atoms with E-state index in [1.165, 1.54) is 5.56 Å². The molecule has 3 aromatic heterocycles. The van der Waals surface area contributed by atoms with Crippen LogP contribution in [-0.4, -0.2) is 26.6 Å². The normalized spacial score (nSPS) is 11.4. The number of nitrogens with zero attached hydrogens (tertiary/aromatic N) is 4. The first-order valence-electron chi connectivity index (χ1n) is 8.99. The number of thiazole rings is 1. The molecule has 3 heterocycles. The summed E-state index contributed by atoms with van der Waals surface area (Å²) in [6, 6.07) is 9.58. The predicted molar refractivity (Wildman–Crippen MR) is 115 cm³/mol. The van der Waals surface area contributed by atoms with Gasteiger partial charge in [0, 0.05) is 22.9 Å². The minimum Gasteiger partial charge on any atom is -0.419 e. The zero-order chi connectivity index (χ0) is 19.3. The van der Waals surface area contributed by atoms with Crippen LogP contribution < -0.4 is 0 Å². The van der Waals surface area contributed by atoms with Gasteiger partial charge in [0.05, 0.1) is 22.8 Å². The topological polar surface area (TPSA) is 55.1 Å². The minimum absolute atomic E-state index is 0.449. The number of hydrogen-bond donors (Lipinski definition) is 0. The summed E-state index contributed by atoms with van der Waals surface area (Å²) >= 11 is 9.60. The van der Waals surface area contributed by atoms with E-state index >= 15 is 0 Å². The highest BCUT2D eigenvalue weighted by molar-refractivity contribution is 7.14. The van der Waals surface area contributed by atoms with Gasteiger partial charge in [0.2, 0.25) is 11.8 Å². The quantitative estimate of drug-likeness (QED) is 0.343. The van der Waals surface area contributed by atoms with Crippen molar-refractivity contribution >= 4 is 34.3 Å². The van der Waals surface area contributed by atoms with Crippen LogP contribution in [0.1, 0.15) is 24.9 Å². The van der Waals surface area contributed by atoms with Crippen LogP contribution in [0.25, 0.3) is 22.0 Å². The molecule has 0 amide bonds. The first-order valence-corrected chi connectivity index (χ1v) is 11.2. The molecule has 0 aliphatic carbocycles. The smallest absolute Gasteiger partial charge is 0.249 e. The average Bonchev–Trinajstić information content (AvgIpc) is 3.44. The molecule has 8 heteroatoms. The number of hydrogen-bond acceptors (Lipinski definition) is 7. The van der Waals surface area contributed by atoms with Crippen LogP contribution in [0, 0.1) is 0 Å². The third-order valence-electron chi connectivity index (χ3n) is 4.18. The summed E-state index contributed by atoms with van der Waals surface area (Å²) in [5.74, 6) is 1.03. The molecule has 0 atom stereocenters. The summed E-state index contributed by atoms with van der Waals surface area (Å²) in [6.45, 7) is 4.41. The Hall–Kier alpha value is -2.06. The second kappa shape index (κ2) is 8.96. The van der Waals surface area contributed by atoms with Gasteiger partial charge in [-0.1, -0.05) is 30.7 Å². The largest absolute Gasteiger partial charge is 0.419 e. The van der Waals surface area contributed by atoms with Gasteiger partial charge in [0.1, 0.15) is 5.01 Å². The molecule has 0 radical (unpaired) electrons. The Morgan fingerprint density at radius 2 is 2.00 bits per heavy atom. The molecule has 4 rings (SSSR count). The molecular formula is C20H19ClN4OS2. The van der Waals surface area contributed by atoms with Crippen molar-refractivity contribution in [1.29, 1.82) is 0 Å². The van der Waals surface area contributed by atoms with Crippen LogP contribution in [0.4, 0.5) is 0 Å². The van der Waals surface area contributed by atoms with Gasteiger partial charge >= 0.3 is 0 Å². The van der Waals surface area contributed by atoms with Crippen LogP contribution in [0.5, 0.6) is 0 Å². The molecule has 0 saturated carbocycles. The van der Waals surface area contributed by atoms with Crippen LogP contribution in [-0.2, 0) is 13.1 Å². The highest BCUT2D eigenvalue weighted by atomic mass is 35.5. The summed E-state index contributed by atoms with van der Waals surface area (Å²) in [5, 5.41) is 16.4. The minimum atomic E-state index is 0.449. The molecule has 1 aromatic carbocycles. The zero-order valence-electron chi connectivity index (χ0n) is 15.3. The first kappa shape index (κ1) is 19.3. The first-order chi connectivity index (χ1) is 13.7. The molecule has 0 N–H and O–H groups in total. The highest BCUT2D eigenvalue weighted by Gasteiger charge is 2.16. The third-order valence-corrected chi connectivity index (χ3v) is 6.13. The summed E-state index contributed by atoms with van der Waals surface area (Å²) in [7, 11) is 0. The highest BCUT2D eigenvalue weighted by Crippen LogP contribution is 2.28. The molecular weight excluding hydrogens is 412 g/mol. The molecule has 144 valence electrons. The molecule has 0 unspecified atom stereocenters. The van der Waals surface area contributed by atoms with Gasteiger partial charge in [0.15, 0.2) is 0 Å². The van der Waals surface area contributed by atoms with Gasteiger partial charge in [-0.2, -0.15) is 11.3 Å². The summed E-state index contributed by atoms with van der Waals surface area (Å²) < 4.78 is 5.86. The molecule has 0 bridgehead atoms. The average molecular weight is 431 g/mol. The lowest BCUT2D eigenvalue weighted by Crippen LogP contribution is -2.24. The number of thiophene rings is 1. The van der Waals surface area contributed by atoms with Gasteiger partial charge in [-0.15, -0.1) is 21.5 Å². The van der Waals surface area contributed by atoms with Crippen molar-refractivity contribution < 1.29 is 4.42 Å². The van der Waals surface area contributed by atoms with Crippen LogP contribution in [0.3, 0.4) is 0 Å².